The summed E-state index contributed by atoms with van der Waals surface area (Å²) in [6.07, 6.45) is -1.40. The number of hydrogen-bond donors (Lipinski definition) is 1. The Morgan fingerprint density at radius 3 is 2.15 bits per heavy atom. The van der Waals surface area contributed by atoms with Gasteiger partial charge in [0, 0.05) is 22.9 Å². The molecule has 2 bridgehead atoms. The molecule has 0 radical (unpaired) electrons. The van der Waals surface area contributed by atoms with Gasteiger partial charge in [0.2, 0.25) is 11.6 Å². The normalized spacial score (nSPS) is 25.3. The quantitative estimate of drug-likeness (QED) is 0.163. The van der Waals surface area contributed by atoms with Crippen LogP contribution in [0, 0.1) is 17.6 Å². The highest BCUT2D eigenvalue weighted by Gasteiger charge is 2.71. The first-order chi connectivity index (χ1) is 23.0. The Kier molecular flexibility index (Phi) is 9.96. The van der Waals surface area contributed by atoms with Gasteiger partial charge >= 0.3 is 0 Å². The standard InChI is InChI=1S/C39H41ClF2O6/c1-5-44-32-19-16-28(33(41)34(32)42)20-29-21-30(17-18-31(29)40)39-36(46-23-27-14-10-7-11-15-27)35(45-22-26-12-8-6-9-13-26)25(2)38(48-39,24-47-39)37(3,4)43/h6-19,21,25,35-36,43H,5,20,22-24H2,1-4H3/t25-,35-,36+,38-,39-/m0/s1. The second kappa shape index (κ2) is 13.9. The SMILES string of the molecule is CCOc1ccc(Cc2cc([C@]34OC[C@](C(C)(C)O)(O3)[C@@H](C)[C@H](OCc3ccccc3)[C@H]4OCc3ccccc3)ccc2Cl)c(F)c1F. The summed E-state index contributed by atoms with van der Waals surface area (Å²) in [7, 11) is 0. The van der Waals surface area contributed by atoms with Crippen LogP contribution >= 0.6 is 11.6 Å². The lowest BCUT2D eigenvalue weighted by atomic mass is 9.70. The van der Waals surface area contributed by atoms with Gasteiger partial charge in [0.25, 0.3) is 0 Å². The van der Waals surface area contributed by atoms with Crippen LogP contribution in [0.4, 0.5) is 8.78 Å². The van der Waals surface area contributed by atoms with E-state index < -0.39 is 40.8 Å². The molecule has 4 aromatic rings. The number of fused-ring (bicyclic) bond motifs is 2. The summed E-state index contributed by atoms with van der Waals surface area (Å²) in [5.74, 6) is -4.11. The molecule has 0 amide bonds. The maximum atomic E-state index is 15.2. The van der Waals surface area contributed by atoms with Crippen molar-refractivity contribution in [3.63, 3.8) is 0 Å². The Bertz CT molecular complexity index is 1720. The summed E-state index contributed by atoms with van der Waals surface area (Å²) in [6.45, 7) is 7.91. The van der Waals surface area contributed by atoms with Crippen LogP contribution in [0.3, 0.4) is 0 Å². The van der Waals surface area contributed by atoms with E-state index in [0.717, 1.165) is 11.1 Å². The van der Waals surface area contributed by atoms with Gasteiger partial charge < -0.3 is 28.8 Å². The lowest BCUT2D eigenvalue weighted by Crippen LogP contribution is -2.68. The molecule has 4 aromatic carbocycles. The molecule has 5 atom stereocenters. The van der Waals surface area contributed by atoms with Crippen molar-refractivity contribution in [1.82, 2.24) is 0 Å². The van der Waals surface area contributed by atoms with E-state index in [1.807, 2.05) is 67.6 Å². The molecule has 0 spiro atoms. The lowest BCUT2D eigenvalue weighted by Gasteiger charge is -2.54. The van der Waals surface area contributed by atoms with Crippen LogP contribution in [0.25, 0.3) is 0 Å². The summed E-state index contributed by atoms with van der Waals surface area (Å²) < 4.78 is 62.4. The van der Waals surface area contributed by atoms with E-state index in [2.05, 4.69) is 0 Å². The number of rotatable bonds is 12. The first-order valence-corrected chi connectivity index (χ1v) is 16.6. The molecule has 48 heavy (non-hydrogen) atoms. The zero-order chi connectivity index (χ0) is 34.1. The van der Waals surface area contributed by atoms with Crippen molar-refractivity contribution in [1.29, 1.82) is 0 Å². The largest absolute Gasteiger partial charge is 0.491 e. The molecule has 2 aliphatic rings. The summed E-state index contributed by atoms with van der Waals surface area (Å²) in [6, 6.07) is 27.8. The first-order valence-electron chi connectivity index (χ1n) is 16.2. The average molecular weight is 679 g/mol. The van der Waals surface area contributed by atoms with Gasteiger partial charge in [-0.15, -0.1) is 0 Å². The predicted molar refractivity (Wildman–Crippen MR) is 179 cm³/mol. The summed E-state index contributed by atoms with van der Waals surface area (Å²) >= 11 is 6.69. The second-order valence-corrected chi connectivity index (χ2v) is 13.4. The second-order valence-electron chi connectivity index (χ2n) is 13.0. The Hall–Kier alpha value is -3.37. The van der Waals surface area contributed by atoms with Crippen molar-refractivity contribution in [2.45, 2.75) is 76.5 Å². The third-order valence-corrected chi connectivity index (χ3v) is 9.95. The maximum Gasteiger partial charge on any atom is 0.225 e. The molecule has 6 rings (SSSR count). The van der Waals surface area contributed by atoms with E-state index in [0.29, 0.717) is 22.8 Å². The number of ether oxygens (including phenoxy) is 5. The fourth-order valence-corrected chi connectivity index (χ4v) is 7.07. The van der Waals surface area contributed by atoms with Gasteiger partial charge in [-0.3, -0.25) is 0 Å². The minimum Gasteiger partial charge on any atom is -0.491 e. The van der Waals surface area contributed by atoms with E-state index in [-0.39, 0.29) is 43.5 Å². The lowest BCUT2D eigenvalue weighted by molar-refractivity contribution is -0.352. The van der Waals surface area contributed by atoms with Crippen LogP contribution in [0.2, 0.25) is 5.02 Å². The highest BCUT2D eigenvalue weighted by molar-refractivity contribution is 6.31. The van der Waals surface area contributed by atoms with Crippen molar-refractivity contribution in [3.05, 3.63) is 135 Å². The Morgan fingerprint density at radius 2 is 1.52 bits per heavy atom. The average Bonchev–Trinajstić information content (AvgIpc) is 3.47. The first kappa shape index (κ1) is 34.5. The zero-order valence-corrected chi connectivity index (χ0v) is 28.3. The predicted octanol–water partition coefficient (Wildman–Crippen LogP) is 8.14. The van der Waals surface area contributed by atoms with Crippen LogP contribution in [0.15, 0.2) is 91.0 Å². The van der Waals surface area contributed by atoms with Crippen molar-refractivity contribution in [3.8, 4) is 5.75 Å². The molecule has 2 saturated heterocycles. The van der Waals surface area contributed by atoms with Gasteiger partial charge in [0.05, 0.1) is 38.1 Å². The van der Waals surface area contributed by atoms with E-state index in [9.17, 15) is 9.50 Å². The maximum absolute atomic E-state index is 15.2. The molecule has 1 N–H and O–H groups in total. The van der Waals surface area contributed by atoms with E-state index >= 15 is 4.39 Å². The van der Waals surface area contributed by atoms with Gasteiger partial charge in [-0.1, -0.05) is 91.3 Å². The summed E-state index contributed by atoms with van der Waals surface area (Å²) in [5.41, 5.74) is 0.611. The van der Waals surface area contributed by atoms with Crippen molar-refractivity contribution >= 4 is 11.6 Å². The van der Waals surface area contributed by atoms with Crippen LogP contribution in [0.1, 0.15) is 55.5 Å². The minimum absolute atomic E-state index is 0.00553. The number of aliphatic hydroxyl groups is 1. The Morgan fingerprint density at radius 1 is 0.875 bits per heavy atom. The van der Waals surface area contributed by atoms with E-state index in [4.69, 9.17) is 35.3 Å². The third kappa shape index (κ3) is 6.38. The molecule has 0 unspecified atom stereocenters. The molecule has 2 fully saturated rings. The van der Waals surface area contributed by atoms with Gasteiger partial charge in [0.1, 0.15) is 11.7 Å². The highest BCUT2D eigenvalue weighted by Crippen LogP contribution is 2.57. The van der Waals surface area contributed by atoms with Crippen LogP contribution in [-0.2, 0) is 44.4 Å². The molecule has 0 aromatic heterocycles. The number of hydrogen-bond acceptors (Lipinski definition) is 6. The van der Waals surface area contributed by atoms with Gasteiger partial charge in [-0.05, 0) is 61.2 Å². The molecular formula is C39H41ClF2O6. The minimum atomic E-state index is -1.54. The van der Waals surface area contributed by atoms with Gasteiger partial charge in [-0.2, -0.15) is 4.39 Å². The molecule has 254 valence electrons. The van der Waals surface area contributed by atoms with Crippen molar-refractivity contribution in [2.24, 2.45) is 5.92 Å². The number of halogens is 3. The molecule has 6 nitrogen and oxygen atoms in total. The fraction of sp³-hybridized carbons (Fsp3) is 0.385. The van der Waals surface area contributed by atoms with E-state index in [1.54, 1.807) is 39.0 Å². The molecular weight excluding hydrogens is 638 g/mol. The fourth-order valence-electron chi connectivity index (χ4n) is 6.89. The highest BCUT2D eigenvalue weighted by atomic mass is 35.5. The summed E-state index contributed by atoms with van der Waals surface area (Å²) in [4.78, 5) is 0. The molecule has 0 saturated carbocycles. The van der Waals surface area contributed by atoms with Gasteiger partial charge in [0.15, 0.2) is 11.6 Å². The van der Waals surface area contributed by atoms with Crippen LogP contribution < -0.4 is 4.74 Å². The Labute approximate surface area is 285 Å². The molecule has 2 heterocycles. The Balaban J connectivity index is 1.43. The van der Waals surface area contributed by atoms with Crippen LogP contribution in [0.5, 0.6) is 5.75 Å². The summed E-state index contributed by atoms with van der Waals surface area (Å²) in [5, 5.41) is 12.0. The van der Waals surface area contributed by atoms with Crippen LogP contribution in [-0.4, -0.2) is 41.7 Å². The molecule has 9 heteroatoms. The van der Waals surface area contributed by atoms with Gasteiger partial charge in [-0.25, -0.2) is 4.39 Å². The monoisotopic (exact) mass is 678 g/mol. The third-order valence-electron chi connectivity index (χ3n) is 9.59. The molecule has 0 aliphatic carbocycles. The zero-order valence-electron chi connectivity index (χ0n) is 27.6. The number of benzene rings is 4. The van der Waals surface area contributed by atoms with Crippen molar-refractivity contribution in [2.75, 3.05) is 13.2 Å². The topological polar surface area (TPSA) is 66.4 Å². The van der Waals surface area contributed by atoms with E-state index in [1.165, 1.54) is 12.1 Å². The molecule has 2 aliphatic heterocycles. The smallest absolute Gasteiger partial charge is 0.225 e. The van der Waals surface area contributed by atoms with Crippen molar-refractivity contribution < 1.29 is 37.6 Å².